The van der Waals surface area contributed by atoms with Crippen LogP contribution in [0.2, 0.25) is 10.0 Å². The molecule has 3 rings (SSSR count). The molecule has 3 aromatic rings. The number of hydrogen-bond donors (Lipinski definition) is 2. The van der Waals surface area contributed by atoms with Crippen LogP contribution in [0.4, 0.5) is 5.69 Å². The third-order valence-corrected chi connectivity index (χ3v) is 4.24. The number of anilines is 1. The first kappa shape index (κ1) is 17.9. The van der Waals surface area contributed by atoms with Gasteiger partial charge in [0.25, 0.3) is 5.91 Å². The molecule has 0 bridgehead atoms. The summed E-state index contributed by atoms with van der Waals surface area (Å²) in [6.45, 7) is 0. The second kappa shape index (κ2) is 7.56. The number of nitrogens with two attached hydrogens (primary N) is 1. The summed E-state index contributed by atoms with van der Waals surface area (Å²) < 4.78 is 0. The number of halogens is 2. The fourth-order valence-electron chi connectivity index (χ4n) is 2.45. The van der Waals surface area contributed by atoms with Gasteiger partial charge < -0.3 is 11.1 Å². The molecule has 130 valence electrons. The number of para-hydroxylation sites is 1. The van der Waals surface area contributed by atoms with Crippen LogP contribution in [0.25, 0.3) is 17.0 Å². The van der Waals surface area contributed by atoms with Crippen molar-refractivity contribution in [2.24, 2.45) is 5.73 Å². The molecule has 2 amide bonds. The van der Waals surface area contributed by atoms with Gasteiger partial charge in [-0.1, -0.05) is 41.4 Å². The SMILES string of the molecule is NC(=O)/C=C/c1cnc2c(NC(=O)c3c(Cl)cccc3Cl)cccc2c1. The van der Waals surface area contributed by atoms with Crippen molar-refractivity contribution in [1.82, 2.24) is 4.98 Å². The van der Waals surface area contributed by atoms with Gasteiger partial charge in [0.15, 0.2) is 0 Å². The Morgan fingerprint density at radius 2 is 1.77 bits per heavy atom. The monoisotopic (exact) mass is 385 g/mol. The first-order valence-electron chi connectivity index (χ1n) is 7.57. The second-order valence-corrected chi connectivity index (χ2v) is 6.25. The summed E-state index contributed by atoms with van der Waals surface area (Å²) in [6.07, 6.45) is 4.41. The van der Waals surface area contributed by atoms with E-state index in [1.54, 1.807) is 42.6 Å². The van der Waals surface area contributed by atoms with Crippen LogP contribution in [-0.4, -0.2) is 16.8 Å². The highest BCUT2D eigenvalue weighted by Gasteiger charge is 2.16. The lowest BCUT2D eigenvalue weighted by atomic mass is 10.1. The van der Waals surface area contributed by atoms with Crippen molar-refractivity contribution in [1.29, 1.82) is 0 Å². The summed E-state index contributed by atoms with van der Waals surface area (Å²) >= 11 is 12.2. The van der Waals surface area contributed by atoms with E-state index in [1.807, 2.05) is 12.1 Å². The minimum atomic E-state index is -0.539. The van der Waals surface area contributed by atoms with Gasteiger partial charge in [-0.05, 0) is 35.9 Å². The maximum Gasteiger partial charge on any atom is 0.258 e. The number of fused-ring (bicyclic) bond motifs is 1. The molecule has 26 heavy (non-hydrogen) atoms. The molecular formula is C19H13Cl2N3O2. The number of rotatable bonds is 4. The summed E-state index contributed by atoms with van der Waals surface area (Å²) in [5.74, 6) is -0.963. The van der Waals surface area contributed by atoms with Crippen molar-refractivity contribution in [3.8, 4) is 0 Å². The van der Waals surface area contributed by atoms with Crippen LogP contribution in [0.3, 0.4) is 0 Å². The van der Waals surface area contributed by atoms with Crippen molar-refractivity contribution in [2.45, 2.75) is 0 Å². The number of pyridine rings is 1. The minimum Gasteiger partial charge on any atom is -0.366 e. The van der Waals surface area contributed by atoms with Crippen LogP contribution < -0.4 is 11.1 Å². The van der Waals surface area contributed by atoms with Gasteiger partial charge in [-0.25, -0.2) is 0 Å². The summed E-state index contributed by atoms with van der Waals surface area (Å²) in [5.41, 5.74) is 7.14. The molecule has 2 aromatic carbocycles. The topological polar surface area (TPSA) is 85.1 Å². The van der Waals surface area contributed by atoms with E-state index >= 15 is 0 Å². The number of nitrogens with zero attached hydrogens (tertiary/aromatic N) is 1. The van der Waals surface area contributed by atoms with Crippen LogP contribution >= 0.6 is 23.2 Å². The van der Waals surface area contributed by atoms with Crippen molar-refractivity contribution < 1.29 is 9.59 Å². The molecule has 0 aliphatic carbocycles. The number of benzene rings is 2. The van der Waals surface area contributed by atoms with Gasteiger partial charge in [0, 0.05) is 17.7 Å². The van der Waals surface area contributed by atoms with Crippen LogP contribution in [0.1, 0.15) is 15.9 Å². The zero-order chi connectivity index (χ0) is 18.7. The molecule has 0 unspecified atom stereocenters. The Bertz CT molecular complexity index is 1030. The van der Waals surface area contributed by atoms with E-state index in [1.165, 1.54) is 6.08 Å². The van der Waals surface area contributed by atoms with Crippen LogP contribution in [0.5, 0.6) is 0 Å². The van der Waals surface area contributed by atoms with Gasteiger partial charge in [-0.2, -0.15) is 0 Å². The molecular weight excluding hydrogens is 373 g/mol. The van der Waals surface area contributed by atoms with E-state index in [2.05, 4.69) is 10.3 Å². The maximum atomic E-state index is 12.6. The standard InChI is InChI=1S/C19H13Cl2N3O2/c20-13-4-2-5-14(21)17(13)19(26)24-15-6-1-3-12-9-11(7-8-16(22)25)10-23-18(12)15/h1-10H,(H2,22,25)(H,24,26)/b8-7+. The molecule has 3 N–H and O–H groups in total. The molecule has 1 aromatic heterocycles. The first-order valence-corrected chi connectivity index (χ1v) is 8.33. The molecule has 0 saturated carbocycles. The van der Waals surface area contributed by atoms with E-state index in [-0.39, 0.29) is 15.6 Å². The van der Waals surface area contributed by atoms with Gasteiger partial charge in [0.2, 0.25) is 5.91 Å². The smallest absolute Gasteiger partial charge is 0.258 e. The molecule has 7 heteroatoms. The van der Waals surface area contributed by atoms with E-state index in [4.69, 9.17) is 28.9 Å². The Balaban J connectivity index is 1.96. The van der Waals surface area contributed by atoms with Gasteiger partial charge in [-0.3, -0.25) is 14.6 Å². The quantitative estimate of drug-likeness (QED) is 0.656. The zero-order valence-electron chi connectivity index (χ0n) is 13.4. The normalized spacial score (nSPS) is 11.0. The molecule has 0 aliphatic rings. The molecule has 0 saturated heterocycles. The van der Waals surface area contributed by atoms with Crippen molar-refractivity contribution in [2.75, 3.05) is 5.32 Å². The van der Waals surface area contributed by atoms with E-state index in [0.717, 1.165) is 5.39 Å². The lowest BCUT2D eigenvalue weighted by Crippen LogP contribution is -2.13. The molecule has 1 heterocycles. The molecule has 0 radical (unpaired) electrons. The minimum absolute atomic E-state index is 0.203. The molecule has 5 nitrogen and oxygen atoms in total. The number of nitrogens with one attached hydrogen (secondary N) is 1. The number of hydrogen-bond acceptors (Lipinski definition) is 3. The number of aromatic nitrogens is 1. The Kier molecular flexibility index (Phi) is 5.21. The van der Waals surface area contributed by atoms with E-state index in [9.17, 15) is 9.59 Å². The average Bonchev–Trinajstić information content (AvgIpc) is 2.60. The van der Waals surface area contributed by atoms with Crippen LogP contribution in [-0.2, 0) is 4.79 Å². The summed E-state index contributed by atoms with van der Waals surface area (Å²) in [6, 6.07) is 12.1. The number of amides is 2. The lowest BCUT2D eigenvalue weighted by molar-refractivity contribution is -0.113. The highest BCUT2D eigenvalue weighted by molar-refractivity contribution is 6.40. The predicted molar refractivity (Wildman–Crippen MR) is 104 cm³/mol. The van der Waals surface area contributed by atoms with Gasteiger partial charge >= 0.3 is 0 Å². The highest BCUT2D eigenvalue weighted by atomic mass is 35.5. The maximum absolute atomic E-state index is 12.6. The summed E-state index contributed by atoms with van der Waals surface area (Å²) in [4.78, 5) is 27.8. The largest absolute Gasteiger partial charge is 0.366 e. The molecule has 0 aliphatic heterocycles. The zero-order valence-corrected chi connectivity index (χ0v) is 14.9. The predicted octanol–water partition coefficient (Wildman–Crippen LogP) is 4.29. The molecule has 0 fully saturated rings. The Hall–Kier alpha value is -2.89. The third kappa shape index (κ3) is 3.85. The fourth-order valence-corrected chi connectivity index (χ4v) is 3.02. The van der Waals surface area contributed by atoms with Gasteiger partial charge in [0.1, 0.15) is 0 Å². The van der Waals surface area contributed by atoms with E-state index < -0.39 is 11.8 Å². The third-order valence-electron chi connectivity index (χ3n) is 3.61. The lowest BCUT2D eigenvalue weighted by Gasteiger charge is -2.10. The van der Waals surface area contributed by atoms with Gasteiger partial charge in [0.05, 0.1) is 26.8 Å². The van der Waals surface area contributed by atoms with Gasteiger partial charge in [-0.15, -0.1) is 0 Å². The van der Waals surface area contributed by atoms with Crippen LogP contribution in [0, 0.1) is 0 Å². The molecule has 0 atom stereocenters. The summed E-state index contributed by atoms with van der Waals surface area (Å²) in [5, 5.41) is 4.11. The Labute approximate surface area is 159 Å². The second-order valence-electron chi connectivity index (χ2n) is 5.43. The van der Waals surface area contributed by atoms with Crippen LogP contribution in [0.15, 0.2) is 54.7 Å². The Morgan fingerprint density at radius 3 is 2.46 bits per heavy atom. The Morgan fingerprint density at radius 1 is 1.08 bits per heavy atom. The number of carbonyl (C=O) groups is 2. The van der Waals surface area contributed by atoms with Crippen molar-refractivity contribution in [3.05, 3.63) is 75.9 Å². The summed E-state index contributed by atoms with van der Waals surface area (Å²) in [7, 11) is 0. The van der Waals surface area contributed by atoms with Crippen molar-refractivity contribution in [3.63, 3.8) is 0 Å². The van der Waals surface area contributed by atoms with Crippen molar-refractivity contribution >= 4 is 57.7 Å². The fraction of sp³-hybridized carbons (Fsp3) is 0. The van der Waals surface area contributed by atoms with E-state index in [0.29, 0.717) is 16.8 Å². The number of primary amides is 1. The average molecular weight is 386 g/mol. The molecule has 0 spiro atoms. The highest BCUT2D eigenvalue weighted by Crippen LogP contribution is 2.27. The number of carbonyl (C=O) groups excluding carboxylic acids is 2. The first-order chi connectivity index (χ1) is 12.5.